The van der Waals surface area contributed by atoms with Crippen molar-refractivity contribution in [1.29, 1.82) is 0 Å². The van der Waals surface area contributed by atoms with Crippen molar-refractivity contribution in [2.45, 2.75) is 32.2 Å². The standard InChI is InChI=1S/C15H20FN3O2/c1-9(20)18-11-5-6-13(16)12(7-11)15(21)19-14-4-2-3-10(14)8-17/h5-7,10,14H,2-4,8,17H2,1H3,(H,18,20)(H,19,21). The van der Waals surface area contributed by atoms with Gasteiger partial charge in [-0.15, -0.1) is 0 Å². The van der Waals surface area contributed by atoms with Gasteiger partial charge in [0.2, 0.25) is 5.91 Å². The van der Waals surface area contributed by atoms with E-state index in [0.717, 1.165) is 19.3 Å². The van der Waals surface area contributed by atoms with Crippen molar-refractivity contribution in [3.05, 3.63) is 29.6 Å². The predicted molar refractivity (Wildman–Crippen MR) is 78.4 cm³/mol. The maximum absolute atomic E-state index is 13.8. The van der Waals surface area contributed by atoms with Crippen molar-refractivity contribution in [2.24, 2.45) is 11.7 Å². The smallest absolute Gasteiger partial charge is 0.254 e. The fourth-order valence-corrected chi connectivity index (χ4v) is 2.74. The van der Waals surface area contributed by atoms with E-state index in [4.69, 9.17) is 5.73 Å². The molecule has 1 saturated carbocycles. The number of hydrogen-bond acceptors (Lipinski definition) is 3. The van der Waals surface area contributed by atoms with Crippen LogP contribution in [-0.4, -0.2) is 24.4 Å². The Morgan fingerprint density at radius 3 is 2.81 bits per heavy atom. The normalized spacial score (nSPS) is 21.1. The van der Waals surface area contributed by atoms with Crippen LogP contribution in [0.5, 0.6) is 0 Å². The average Bonchev–Trinajstić information content (AvgIpc) is 2.87. The van der Waals surface area contributed by atoms with Gasteiger partial charge in [-0.05, 0) is 43.5 Å². The van der Waals surface area contributed by atoms with Crippen LogP contribution in [0.25, 0.3) is 0 Å². The second kappa shape index (κ2) is 6.67. The minimum absolute atomic E-state index is 0.00803. The number of carbonyl (C=O) groups excluding carboxylic acids is 2. The Morgan fingerprint density at radius 2 is 2.14 bits per heavy atom. The Balaban J connectivity index is 2.12. The van der Waals surface area contributed by atoms with Crippen molar-refractivity contribution in [3.63, 3.8) is 0 Å². The van der Waals surface area contributed by atoms with Crippen LogP contribution in [0, 0.1) is 11.7 Å². The van der Waals surface area contributed by atoms with Crippen molar-refractivity contribution < 1.29 is 14.0 Å². The van der Waals surface area contributed by atoms with Crippen LogP contribution in [-0.2, 0) is 4.79 Å². The van der Waals surface area contributed by atoms with Gasteiger partial charge < -0.3 is 16.4 Å². The number of nitrogens with one attached hydrogen (secondary N) is 2. The molecule has 0 aliphatic heterocycles. The molecule has 0 aromatic heterocycles. The van der Waals surface area contributed by atoms with E-state index < -0.39 is 11.7 Å². The lowest BCUT2D eigenvalue weighted by atomic mass is 10.0. The number of amides is 2. The second-order valence-corrected chi connectivity index (χ2v) is 5.38. The highest BCUT2D eigenvalue weighted by Crippen LogP contribution is 2.25. The first-order valence-electron chi connectivity index (χ1n) is 7.09. The van der Waals surface area contributed by atoms with Gasteiger partial charge in [-0.3, -0.25) is 9.59 Å². The predicted octanol–water partition coefficient (Wildman–Crippen LogP) is 1.64. The highest BCUT2D eigenvalue weighted by molar-refractivity contribution is 5.97. The van der Waals surface area contributed by atoms with Crippen molar-refractivity contribution in [2.75, 3.05) is 11.9 Å². The quantitative estimate of drug-likeness (QED) is 0.789. The highest BCUT2D eigenvalue weighted by atomic mass is 19.1. The third kappa shape index (κ3) is 3.78. The van der Waals surface area contributed by atoms with Gasteiger partial charge in [0, 0.05) is 18.7 Å². The van der Waals surface area contributed by atoms with E-state index in [0.29, 0.717) is 12.2 Å². The van der Waals surface area contributed by atoms with E-state index in [1.54, 1.807) is 0 Å². The number of halogens is 1. The zero-order valence-electron chi connectivity index (χ0n) is 12.0. The molecule has 0 spiro atoms. The molecule has 2 unspecified atom stereocenters. The molecule has 1 aromatic rings. The van der Waals surface area contributed by atoms with Gasteiger partial charge in [0.05, 0.1) is 5.56 Å². The topological polar surface area (TPSA) is 84.2 Å². The van der Waals surface area contributed by atoms with Crippen molar-refractivity contribution in [3.8, 4) is 0 Å². The van der Waals surface area contributed by atoms with Crippen LogP contribution >= 0.6 is 0 Å². The molecular formula is C15H20FN3O2. The molecule has 0 saturated heterocycles. The maximum atomic E-state index is 13.8. The van der Waals surface area contributed by atoms with Crippen LogP contribution in [0.15, 0.2) is 18.2 Å². The number of anilines is 1. The summed E-state index contributed by atoms with van der Waals surface area (Å²) < 4.78 is 13.8. The minimum Gasteiger partial charge on any atom is -0.349 e. The summed E-state index contributed by atoms with van der Waals surface area (Å²) in [7, 11) is 0. The molecule has 1 fully saturated rings. The van der Waals surface area contributed by atoms with Crippen LogP contribution in [0.4, 0.5) is 10.1 Å². The fourth-order valence-electron chi connectivity index (χ4n) is 2.74. The molecule has 2 amide bonds. The van der Waals surface area contributed by atoms with Gasteiger partial charge in [0.1, 0.15) is 5.82 Å². The molecule has 2 rings (SSSR count). The third-order valence-electron chi connectivity index (χ3n) is 3.81. The summed E-state index contributed by atoms with van der Waals surface area (Å²) in [4.78, 5) is 23.2. The molecule has 4 N–H and O–H groups in total. The van der Waals surface area contributed by atoms with E-state index in [1.165, 1.54) is 25.1 Å². The molecule has 6 heteroatoms. The molecule has 0 bridgehead atoms. The molecule has 21 heavy (non-hydrogen) atoms. The van der Waals surface area contributed by atoms with Gasteiger partial charge >= 0.3 is 0 Å². The van der Waals surface area contributed by atoms with Crippen molar-refractivity contribution in [1.82, 2.24) is 5.32 Å². The zero-order valence-corrected chi connectivity index (χ0v) is 12.0. The average molecular weight is 293 g/mol. The Labute approximate surface area is 123 Å². The van der Waals surface area contributed by atoms with Crippen LogP contribution in [0.3, 0.4) is 0 Å². The first kappa shape index (κ1) is 15.4. The Kier molecular flexibility index (Phi) is 4.90. The summed E-state index contributed by atoms with van der Waals surface area (Å²) in [5.41, 5.74) is 6.01. The Morgan fingerprint density at radius 1 is 1.38 bits per heavy atom. The first-order chi connectivity index (χ1) is 10.0. The fraction of sp³-hybridized carbons (Fsp3) is 0.467. The van der Waals surface area contributed by atoms with Crippen LogP contribution < -0.4 is 16.4 Å². The van der Waals surface area contributed by atoms with E-state index >= 15 is 0 Å². The van der Waals surface area contributed by atoms with E-state index in [-0.39, 0.29) is 23.4 Å². The molecule has 1 aromatic carbocycles. The van der Waals surface area contributed by atoms with E-state index in [9.17, 15) is 14.0 Å². The summed E-state index contributed by atoms with van der Waals surface area (Å²) in [6, 6.07) is 3.94. The third-order valence-corrected chi connectivity index (χ3v) is 3.81. The molecule has 2 atom stereocenters. The Hall–Kier alpha value is -1.95. The number of benzene rings is 1. The lowest BCUT2D eigenvalue weighted by Gasteiger charge is -2.19. The molecule has 0 radical (unpaired) electrons. The van der Waals surface area contributed by atoms with Crippen molar-refractivity contribution >= 4 is 17.5 Å². The molecule has 1 aliphatic rings. The molecular weight excluding hydrogens is 273 g/mol. The van der Waals surface area contributed by atoms with Crippen LogP contribution in [0.2, 0.25) is 0 Å². The van der Waals surface area contributed by atoms with Gasteiger partial charge in [-0.2, -0.15) is 0 Å². The zero-order chi connectivity index (χ0) is 15.4. The lowest BCUT2D eigenvalue weighted by molar-refractivity contribution is -0.114. The summed E-state index contributed by atoms with van der Waals surface area (Å²) in [5, 5.41) is 5.38. The largest absolute Gasteiger partial charge is 0.349 e. The number of rotatable bonds is 4. The van der Waals surface area contributed by atoms with Gasteiger partial charge in [0.15, 0.2) is 0 Å². The molecule has 0 heterocycles. The van der Waals surface area contributed by atoms with E-state index in [2.05, 4.69) is 10.6 Å². The molecule has 5 nitrogen and oxygen atoms in total. The van der Waals surface area contributed by atoms with E-state index in [1.807, 2.05) is 0 Å². The van der Waals surface area contributed by atoms with Gasteiger partial charge in [-0.25, -0.2) is 4.39 Å². The monoisotopic (exact) mass is 293 g/mol. The van der Waals surface area contributed by atoms with Gasteiger partial charge in [-0.1, -0.05) is 6.42 Å². The lowest BCUT2D eigenvalue weighted by Crippen LogP contribution is -2.40. The second-order valence-electron chi connectivity index (χ2n) is 5.38. The minimum atomic E-state index is -0.608. The molecule has 114 valence electrons. The highest BCUT2D eigenvalue weighted by Gasteiger charge is 2.28. The summed E-state index contributed by atoms with van der Waals surface area (Å²) in [6.07, 6.45) is 2.86. The number of hydrogen-bond donors (Lipinski definition) is 3. The van der Waals surface area contributed by atoms with Crippen LogP contribution in [0.1, 0.15) is 36.5 Å². The number of nitrogens with two attached hydrogens (primary N) is 1. The SMILES string of the molecule is CC(=O)Nc1ccc(F)c(C(=O)NC2CCCC2CN)c1. The molecule has 1 aliphatic carbocycles. The summed E-state index contributed by atoms with van der Waals surface area (Å²) in [6.45, 7) is 1.87. The van der Waals surface area contributed by atoms with Gasteiger partial charge in [0.25, 0.3) is 5.91 Å². The first-order valence-corrected chi connectivity index (χ1v) is 7.09. The summed E-state index contributed by atoms with van der Waals surface area (Å²) >= 11 is 0. The maximum Gasteiger partial charge on any atom is 0.254 e. The number of carbonyl (C=O) groups is 2. The summed E-state index contributed by atoms with van der Waals surface area (Å²) in [5.74, 6) is -1.10. The Bertz CT molecular complexity index is 548.